The van der Waals surface area contributed by atoms with E-state index >= 15 is 0 Å². The Morgan fingerprint density at radius 2 is 2.00 bits per heavy atom. The molecule has 1 N–H and O–H groups in total. The van der Waals surface area contributed by atoms with E-state index in [4.69, 9.17) is 0 Å². The number of nitrogens with zero attached hydrogens (tertiary/aromatic N) is 1. The van der Waals surface area contributed by atoms with Crippen LogP contribution < -0.4 is 5.43 Å². The van der Waals surface area contributed by atoms with Crippen molar-refractivity contribution in [2.45, 2.75) is 27.3 Å². The van der Waals surface area contributed by atoms with E-state index in [1.54, 1.807) is 6.92 Å². The Bertz CT molecular complexity index is 698. The number of aromatic nitrogens is 1. The average Bonchev–Trinajstić information content (AvgIpc) is 2.28. The van der Waals surface area contributed by atoms with Gasteiger partial charge in [-0.1, -0.05) is 12.1 Å². The van der Waals surface area contributed by atoms with E-state index in [-0.39, 0.29) is 5.56 Å². The Hall–Kier alpha value is -2.10. The van der Waals surface area contributed by atoms with Crippen molar-refractivity contribution in [3.8, 4) is 0 Å². The molecule has 2 rings (SSSR count). The molecule has 4 heteroatoms. The third-order valence-corrected chi connectivity index (χ3v) is 3.29. The van der Waals surface area contributed by atoms with Gasteiger partial charge in [0.25, 0.3) is 0 Å². The number of hydrogen-bond acceptors (Lipinski definition) is 2. The van der Waals surface area contributed by atoms with Crippen molar-refractivity contribution >= 4 is 16.9 Å². The number of carboxylic acid groups (broad SMARTS) is 1. The molecule has 1 aromatic heterocycles. The van der Waals surface area contributed by atoms with Gasteiger partial charge in [-0.25, -0.2) is 4.79 Å². The minimum absolute atomic E-state index is 0.126. The van der Waals surface area contributed by atoms with Crippen LogP contribution in [0.2, 0.25) is 0 Å². The molecule has 18 heavy (non-hydrogen) atoms. The van der Waals surface area contributed by atoms with Crippen molar-refractivity contribution in [3.05, 3.63) is 45.2 Å². The van der Waals surface area contributed by atoms with E-state index in [9.17, 15) is 14.7 Å². The molecule has 0 saturated carbocycles. The Labute approximate surface area is 104 Å². The summed E-state index contributed by atoms with van der Waals surface area (Å²) in [6.45, 7) is 6.07. The molecule has 94 valence electrons. The van der Waals surface area contributed by atoms with E-state index < -0.39 is 11.4 Å². The maximum absolute atomic E-state index is 12.3. The first-order chi connectivity index (χ1) is 8.49. The van der Waals surface area contributed by atoms with E-state index in [0.717, 1.165) is 11.1 Å². The lowest BCUT2D eigenvalue weighted by molar-refractivity contribution is 0.0694. The SMILES string of the molecule is CCn1c(C)c(C(=O)O)c(=O)c2c(C)cccc21. The highest BCUT2D eigenvalue weighted by molar-refractivity contribution is 5.95. The molecule has 0 saturated heterocycles. The number of aryl methyl sites for hydroxylation is 2. The van der Waals surface area contributed by atoms with E-state index in [0.29, 0.717) is 17.6 Å². The predicted molar refractivity (Wildman–Crippen MR) is 70.3 cm³/mol. The third kappa shape index (κ3) is 1.61. The summed E-state index contributed by atoms with van der Waals surface area (Å²) >= 11 is 0. The minimum atomic E-state index is -1.16. The largest absolute Gasteiger partial charge is 0.477 e. The van der Waals surface area contributed by atoms with Gasteiger partial charge in [-0.3, -0.25) is 4.79 Å². The summed E-state index contributed by atoms with van der Waals surface area (Å²) in [6, 6.07) is 5.56. The van der Waals surface area contributed by atoms with Crippen molar-refractivity contribution in [1.82, 2.24) is 4.57 Å². The Kier molecular flexibility index (Phi) is 2.95. The Morgan fingerprint density at radius 1 is 1.33 bits per heavy atom. The summed E-state index contributed by atoms with van der Waals surface area (Å²) in [5.41, 5.74) is 1.59. The number of carboxylic acids is 1. The molecule has 0 spiro atoms. The number of aromatic carboxylic acids is 1. The first-order valence-corrected chi connectivity index (χ1v) is 5.85. The van der Waals surface area contributed by atoms with E-state index in [2.05, 4.69) is 0 Å². The third-order valence-electron chi connectivity index (χ3n) is 3.29. The van der Waals surface area contributed by atoms with E-state index in [1.807, 2.05) is 36.6 Å². The fourth-order valence-corrected chi connectivity index (χ4v) is 2.44. The van der Waals surface area contributed by atoms with Crippen molar-refractivity contribution in [2.75, 3.05) is 0 Å². The highest BCUT2D eigenvalue weighted by Crippen LogP contribution is 2.19. The highest BCUT2D eigenvalue weighted by atomic mass is 16.4. The van der Waals surface area contributed by atoms with Crippen molar-refractivity contribution in [2.24, 2.45) is 0 Å². The predicted octanol–water partition coefficient (Wildman–Crippen LogP) is 2.34. The second kappa shape index (κ2) is 4.29. The quantitative estimate of drug-likeness (QED) is 0.883. The van der Waals surface area contributed by atoms with Gasteiger partial charge in [0.05, 0.1) is 5.52 Å². The summed E-state index contributed by atoms with van der Waals surface area (Å²) in [6.07, 6.45) is 0. The van der Waals surface area contributed by atoms with Crippen LogP contribution in [0.25, 0.3) is 10.9 Å². The van der Waals surface area contributed by atoms with Crippen molar-refractivity contribution < 1.29 is 9.90 Å². The number of fused-ring (bicyclic) bond motifs is 1. The monoisotopic (exact) mass is 245 g/mol. The number of benzene rings is 1. The number of carbonyl (C=O) groups is 1. The van der Waals surface area contributed by atoms with Crippen LogP contribution in [0, 0.1) is 13.8 Å². The second-order valence-electron chi connectivity index (χ2n) is 4.31. The van der Waals surface area contributed by atoms with Gasteiger partial charge in [-0.15, -0.1) is 0 Å². The summed E-state index contributed by atoms with van der Waals surface area (Å²) in [5, 5.41) is 9.71. The maximum Gasteiger partial charge on any atom is 0.341 e. The molecule has 0 atom stereocenters. The average molecular weight is 245 g/mol. The lowest BCUT2D eigenvalue weighted by Crippen LogP contribution is -2.23. The molecule has 2 aromatic rings. The van der Waals surface area contributed by atoms with Crippen LogP contribution in [0.3, 0.4) is 0 Å². The molecule has 0 unspecified atom stereocenters. The molecule has 0 bridgehead atoms. The standard InChI is InChI=1S/C14H15NO3/c1-4-15-9(3)12(14(17)18)13(16)11-8(2)6-5-7-10(11)15/h5-7H,4H2,1-3H3,(H,17,18). The van der Waals surface area contributed by atoms with Crippen LogP contribution in [0.1, 0.15) is 28.5 Å². The molecule has 0 fully saturated rings. The van der Waals surface area contributed by atoms with Crippen LogP contribution in [0.15, 0.2) is 23.0 Å². The van der Waals surface area contributed by atoms with E-state index in [1.165, 1.54) is 0 Å². The van der Waals surface area contributed by atoms with Gasteiger partial charge in [-0.2, -0.15) is 0 Å². The molecule has 0 aliphatic carbocycles. The van der Waals surface area contributed by atoms with Gasteiger partial charge in [0.15, 0.2) is 0 Å². The van der Waals surface area contributed by atoms with Crippen LogP contribution >= 0.6 is 0 Å². The maximum atomic E-state index is 12.3. The van der Waals surface area contributed by atoms with Gasteiger partial charge >= 0.3 is 5.97 Å². The van der Waals surface area contributed by atoms with Gasteiger partial charge in [-0.05, 0) is 32.4 Å². The molecule has 1 aromatic carbocycles. The highest BCUT2D eigenvalue weighted by Gasteiger charge is 2.19. The molecule has 1 heterocycles. The van der Waals surface area contributed by atoms with Gasteiger partial charge in [0.1, 0.15) is 5.56 Å². The second-order valence-corrected chi connectivity index (χ2v) is 4.31. The Balaban J connectivity index is 3.12. The van der Waals surface area contributed by atoms with Crippen molar-refractivity contribution in [1.29, 1.82) is 0 Å². The lowest BCUT2D eigenvalue weighted by Gasteiger charge is -2.15. The first kappa shape index (κ1) is 12.4. The summed E-state index contributed by atoms with van der Waals surface area (Å²) in [5.74, 6) is -1.16. The van der Waals surface area contributed by atoms with Crippen LogP contribution in [-0.2, 0) is 6.54 Å². The number of pyridine rings is 1. The molecule has 0 aliphatic heterocycles. The molecule has 0 amide bonds. The van der Waals surface area contributed by atoms with Crippen molar-refractivity contribution in [3.63, 3.8) is 0 Å². The summed E-state index contributed by atoms with van der Waals surface area (Å²) in [7, 11) is 0. The van der Waals surface area contributed by atoms with Gasteiger partial charge < -0.3 is 9.67 Å². The van der Waals surface area contributed by atoms with Crippen LogP contribution in [-0.4, -0.2) is 15.6 Å². The topological polar surface area (TPSA) is 59.3 Å². The normalized spacial score (nSPS) is 10.8. The molecular weight excluding hydrogens is 230 g/mol. The van der Waals surface area contributed by atoms with Crippen LogP contribution in [0.4, 0.5) is 0 Å². The Morgan fingerprint density at radius 3 is 2.56 bits per heavy atom. The fraction of sp³-hybridized carbons (Fsp3) is 0.286. The summed E-state index contributed by atoms with van der Waals surface area (Å²) < 4.78 is 1.87. The molecule has 4 nitrogen and oxygen atoms in total. The molecular formula is C14H15NO3. The minimum Gasteiger partial charge on any atom is -0.477 e. The number of rotatable bonds is 2. The van der Waals surface area contributed by atoms with Gasteiger partial charge in [0, 0.05) is 17.6 Å². The summed E-state index contributed by atoms with van der Waals surface area (Å²) in [4.78, 5) is 23.5. The van der Waals surface area contributed by atoms with Gasteiger partial charge in [0.2, 0.25) is 5.43 Å². The zero-order valence-electron chi connectivity index (χ0n) is 10.7. The number of hydrogen-bond donors (Lipinski definition) is 1. The first-order valence-electron chi connectivity index (χ1n) is 5.85. The lowest BCUT2D eigenvalue weighted by atomic mass is 10.0. The smallest absolute Gasteiger partial charge is 0.341 e. The van der Waals surface area contributed by atoms with Crippen LogP contribution in [0.5, 0.6) is 0 Å². The molecule has 0 radical (unpaired) electrons. The fourth-order valence-electron chi connectivity index (χ4n) is 2.44. The molecule has 0 aliphatic rings. The zero-order chi connectivity index (χ0) is 13.4. The zero-order valence-corrected chi connectivity index (χ0v) is 10.7.